The maximum atomic E-state index is 13.4. The first kappa shape index (κ1) is 14.5. The Bertz CT molecular complexity index is 430. The molecule has 0 aromatic heterocycles. The molecule has 0 amide bonds. The van der Waals surface area contributed by atoms with Gasteiger partial charge in [0.1, 0.15) is 5.82 Å². The third-order valence-corrected chi connectivity index (χ3v) is 3.48. The Morgan fingerprint density at radius 2 is 2.21 bits per heavy atom. The first-order chi connectivity index (χ1) is 9.08. The van der Waals surface area contributed by atoms with E-state index in [0.717, 1.165) is 37.6 Å². The molecule has 4 nitrogen and oxygen atoms in total. The molecular formula is C13H19BFNO3. The van der Waals surface area contributed by atoms with Crippen LogP contribution in [0.5, 0.6) is 0 Å². The molecule has 0 spiro atoms. The Morgan fingerprint density at radius 1 is 1.42 bits per heavy atom. The first-order valence-corrected chi connectivity index (χ1v) is 6.49. The summed E-state index contributed by atoms with van der Waals surface area (Å²) in [6, 6.07) is 4.20. The standard InChI is InChI=1S/C13H19BFNO3/c1-19-13-3-2-4-16(9-13)8-10-5-11(14(17)18)7-12(15)6-10/h5-7,13,17-18H,2-4,8-9H2,1H3. The lowest BCUT2D eigenvalue weighted by Crippen LogP contribution is -2.39. The van der Waals surface area contributed by atoms with E-state index in [-0.39, 0.29) is 11.6 Å². The lowest BCUT2D eigenvalue weighted by atomic mass is 9.79. The molecule has 1 aliphatic heterocycles. The van der Waals surface area contributed by atoms with Crippen LogP contribution in [0.2, 0.25) is 0 Å². The molecule has 1 fully saturated rings. The number of ether oxygens (including phenoxy) is 1. The second-order valence-electron chi connectivity index (χ2n) is 5.00. The van der Waals surface area contributed by atoms with E-state index in [0.29, 0.717) is 6.54 Å². The summed E-state index contributed by atoms with van der Waals surface area (Å²) in [7, 11) is 0.0684. The van der Waals surface area contributed by atoms with Crippen molar-refractivity contribution in [3.05, 3.63) is 29.6 Å². The van der Waals surface area contributed by atoms with E-state index in [1.165, 1.54) is 6.07 Å². The number of methoxy groups -OCH3 is 1. The SMILES string of the molecule is COC1CCCN(Cc2cc(F)cc(B(O)O)c2)C1. The van der Waals surface area contributed by atoms with Gasteiger partial charge in [0.15, 0.2) is 0 Å². The number of halogens is 1. The van der Waals surface area contributed by atoms with E-state index in [2.05, 4.69) is 4.90 Å². The largest absolute Gasteiger partial charge is 0.488 e. The molecule has 1 unspecified atom stereocenters. The minimum Gasteiger partial charge on any atom is -0.423 e. The van der Waals surface area contributed by atoms with Crippen molar-refractivity contribution in [2.24, 2.45) is 0 Å². The number of rotatable bonds is 4. The smallest absolute Gasteiger partial charge is 0.423 e. The maximum Gasteiger partial charge on any atom is 0.488 e. The average molecular weight is 267 g/mol. The van der Waals surface area contributed by atoms with Crippen LogP contribution in [0.3, 0.4) is 0 Å². The number of benzene rings is 1. The van der Waals surface area contributed by atoms with Gasteiger partial charge in [-0.3, -0.25) is 4.90 Å². The van der Waals surface area contributed by atoms with Crippen molar-refractivity contribution < 1.29 is 19.2 Å². The van der Waals surface area contributed by atoms with Gasteiger partial charge in [0.25, 0.3) is 0 Å². The molecule has 0 bridgehead atoms. The summed E-state index contributed by atoms with van der Waals surface area (Å²) in [5.41, 5.74) is 0.940. The van der Waals surface area contributed by atoms with Gasteiger partial charge in [0.05, 0.1) is 6.10 Å². The van der Waals surface area contributed by atoms with Crippen LogP contribution in [0, 0.1) is 5.82 Å². The van der Waals surface area contributed by atoms with Crippen LogP contribution in [-0.4, -0.2) is 48.4 Å². The van der Waals surface area contributed by atoms with E-state index in [1.807, 2.05) is 0 Å². The van der Waals surface area contributed by atoms with Crippen LogP contribution in [0.25, 0.3) is 0 Å². The first-order valence-electron chi connectivity index (χ1n) is 6.49. The van der Waals surface area contributed by atoms with Gasteiger partial charge in [-0.2, -0.15) is 0 Å². The Balaban J connectivity index is 2.06. The Morgan fingerprint density at radius 3 is 2.89 bits per heavy atom. The summed E-state index contributed by atoms with van der Waals surface area (Å²) in [6.07, 6.45) is 2.34. The van der Waals surface area contributed by atoms with Crippen molar-refractivity contribution in [3.8, 4) is 0 Å². The molecule has 1 atom stereocenters. The van der Waals surface area contributed by atoms with Gasteiger partial charge in [0, 0.05) is 20.2 Å². The number of hydrogen-bond donors (Lipinski definition) is 2. The average Bonchev–Trinajstić information content (AvgIpc) is 2.38. The molecule has 6 heteroatoms. The maximum absolute atomic E-state index is 13.4. The second kappa shape index (κ2) is 6.48. The molecule has 2 N–H and O–H groups in total. The minimum atomic E-state index is -1.64. The molecule has 0 aliphatic carbocycles. The summed E-state index contributed by atoms with van der Waals surface area (Å²) in [6.45, 7) is 2.37. The molecule has 1 heterocycles. The number of piperidine rings is 1. The van der Waals surface area contributed by atoms with Crippen LogP contribution in [0.1, 0.15) is 18.4 Å². The van der Waals surface area contributed by atoms with E-state index in [4.69, 9.17) is 14.8 Å². The molecule has 19 heavy (non-hydrogen) atoms. The van der Waals surface area contributed by atoms with Gasteiger partial charge >= 0.3 is 7.12 Å². The van der Waals surface area contributed by atoms with Gasteiger partial charge in [-0.25, -0.2) is 4.39 Å². The third kappa shape index (κ3) is 4.01. The minimum absolute atomic E-state index is 0.190. The van der Waals surface area contributed by atoms with E-state index in [9.17, 15) is 4.39 Å². The molecule has 1 saturated heterocycles. The molecule has 1 aliphatic rings. The zero-order valence-corrected chi connectivity index (χ0v) is 11.1. The topological polar surface area (TPSA) is 52.9 Å². The fraction of sp³-hybridized carbons (Fsp3) is 0.538. The summed E-state index contributed by atoms with van der Waals surface area (Å²) in [5, 5.41) is 18.2. The Hall–Kier alpha value is -0.945. The predicted octanol–water partition coefficient (Wildman–Crippen LogP) is 0.116. The molecule has 104 valence electrons. The molecule has 0 radical (unpaired) electrons. The van der Waals surface area contributed by atoms with Gasteiger partial charge in [0.2, 0.25) is 0 Å². The monoisotopic (exact) mass is 267 g/mol. The van der Waals surface area contributed by atoms with Crippen molar-refractivity contribution in [1.82, 2.24) is 4.90 Å². The highest BCUT2D eigenvalue weighted by Crippen LogP contribution is 2.15. The van der Waals surface area contributed by atoms with Crippen LogP contribution in [0.15, 0.2) is 18.2 Å². The highest BCUT2D eigenvalue weighted by molar-refractivity contribution is 6.58. The third-order valence-electron chi connectivity index (χ3n) is 3.48. The van der Waals surface area contributed by atoms with Gasteiger partial charge < -0.3 is 14.8 Å². The predicted molar refractivity (Wildman–Crippen MR) is 71.5 cm³/mol. The van der Waals surface area contributed by atoms with Crippen LogP contribution in [0.4, 0.5) is 4.39 Å². The molecule has 0 saturated carbocycles. The molecular weight excluding hydrogens is 248 g/mol. The quantitative estimate of drug-likeness (QED) is 0.761. The van der Waals surface area contributed by atoms with E-state index >= 15 is 0 Å². The molecule has 1 aromatic rings. The number of likely N-dealkylation sites (tertiary alicyclic amines) is 1. The van der Waals surface area contributed by atoms with Gasteiger partial charge in [-0.15, -0.1) is 0 Å². The molecule has 2 rings (SSSR count). The zero-order chi connectivity index (χ0) is 13.8. The summed E-state index contributed by atoms with van der Waals surface area (Å²) >= 11 is 0. The van der Waals surface area contributed by atoms with Crippen molar-refractivity contribution in [2.75, 3.05) is 20.2 Å². The van der Waals surface area contributed by atoms with Gasteiger partial charge in [-0.1, -0.05) is 6.07 Å². The van der Waals surface area contributed by atoms with Gasteiger partial charge in [-0.05, 0) is 42.5 Å². The van der Waals surface area contributed by atoms with Crippen LogP contribution < -0.4 is 5.46 Å². The fourth-order valence-electron chi connectivity index (χ4n) is 2.52. The zero-order valence-electron chi connectivity index (χ0n) is 11.1. The van der Waals surface area contributed by atoms with Crippen molar-refractivity contribution in [2.45, 2.75) is 25.5 Å². The van der Waals surface area contributed by atoms with Crippen LogP contribution >= 0.6 is 0 Å². The lowest BCUT2D eigenvalue weighted by Gasteiger charge is -2.31. The Labute approximate surface area is 113 Å². The van der Waals surface area contributed by atoms with Crippen LogP contribution in [-0.2, 0) is 11.3 Å². The number of hydrogen-bond acceptors (Lipinski definition) is 4. The second-order valence-corrected chi connectivity index (χ2v) is 5.00. The summed E-state index contributed by atoms with van der Waals surface area (Å²) in [4.78, 5) is 2.19. The fourth-order valence-corrected chi connectivity index (χ4v) is 2.52. The summed E-state index contributed by atoms with van der Waals surface area (Å²) < 4.78 is 18.8. The lowest BCUT2D eigenvalue weighted by molar-refractivity contribution is 0.0285. The Kier molecular flexibility index (Phi) is 4.93. The highest BCUT2D eigenvalue weighted by atomic mass is 19.1. The van der Waals surface area contributed by atoms with E-state index in [1.54, 1.807) is 13.2 Å². The summed E-state index contributed by atoms with van der Waals surface area (Å²) in [5.74, 6) is -0.444. The van der Waals surface area contributed by atoms with E-state index < -0.39 is 12.9 Å². The highest BCUT2D eigenvalue weighted by Gasteiger charge is 2.20. The van der Waals surface area contributed by atoms with Crippen molar-refractivity contribution >= 4 is 12.6 Å². The van der Waals surface area contributed by atoms with Crippen molar-refractivity contribution in [3.63, 3.8) is 0 Å². The number of nitrogens with zero attached hydrogens (tertiary/aromatic N) is 1. The normalized spacial score (nSPS) is 20.5. The van der Waals surface area contributed by atoms with Crippen molar-refractivity contribution in [1.29, 1.82) is 0 Å². The molecule has 1 aromatic carbocycles.